The number of hydrogen-bond donors (Lipinski definition) is 1. The second-order valence-corrected chi connectivity index (χ2v) is 4.63. The first-order valence-electron chi connectivity index (χ1n) is 6.14. The first kappa shape index (κ1) is 12.9. The van der Waals surface area contributed by atoms with Gasteiger partial charge in [0.15, 0.2) is 5.15 Å². The van der Waals surface area contributed by atoms with Crippen LogP contribution in [0.2, 0.25) is 5.15 Å². The Morgan fingerprint density at radius 1 is 1.17 bits per heavy atom. The Labute approximate surface area is 113 Å². The summed E-state index contributed by atoms with van der Waals surface area (Å²) in [6.45, 7) is 4.97. The van der Waals surface area contributed by atoms with Crippen LogP contribution < -0.4 is 5.32 Å². The SMILES string of the molecule is CCc1ccccc1CNc1c(C)ccnc1Cl. The van der Waals surface area contributed by atoms with Crippen molar-refractivity contribution in [3.05, 3.63) is 58.4 Å². The van der Waals surface area contributed by atoms with Gasteiger partial charge in [-0.15, -0.1) is 0 Å². The van der Waals surface area contributed by atoms with Crippen molar-refractivity contribution in [3.63, 3.8) is 0 Å². The zero-order chi connectivity index (χ0) is 13.0. The molecule has 2 nitrogen and oxygen atoms in total. The number of nitrogens with one attached hydrogen (secondary N) is 1. The number of benzene rings is 1. The molecule has 0 aliphatic rings. The van der Waals surface area contributed by atoms with Crippen molar-refractivity contribution in [2.75, 3.05) is 5.32 Å². The number of halogens is 1. The number of hydrogen-bond acceptors (Lipinski definition) is 2. The van der Waals surface area contributed by atoms with E-state index < -0.39 is 0 Å². The van der Waals surface area contributed by atoms with Gasteiger partial charge in [-0.1, -0.05) is 42.8 Å². The Bertz CT molecular complexity index is 518. The second kappa shape index (κ2) is 5.87. The van der Waals surface area contributed by atoms with E-state index in [1.54, 1.807) is 6.20 Å². The van der Waals surface area contributed by atoms with Crippen LogP contribution in [0.5, 0.6) is 0 Å². The molecule has 0 bridgehead atoms. The van der Waals surface area contributed by atoms with Crippen LogP contribution in [0.1, 0.15) is 23.6 Å². The van der Waals surface area contributed by atoms with Crippen LogP contribution in [0.15, 0.2) is 36.5 Å². The Morgan fingerprint density at radius 3 is 2.56 bits per heavy atom. The van der Waals surface area contributed by atoms with Crippen molar-refractivity contribution in [2.24, 2.45) is 0 Å². The predicted octanol–water partition coefficient (Wildman–Crippen LogP) is 4.22. The predicted molar refractivity (Wildman–Crippen MR) is 77.1 cm³/mol. The highest BCUT2D eigenvalue weighted by Crippen LogP contribution is 2.23. The molecule has 0 amide bonds. The van der Waals surface area contributed by atoms with Crippen molar-refractivity contribution in [1.29, 1.82) is 0 Å². The Balaban J connectivity index is 2.16. The summed E-state index contributed by atoms with van der Waals surface area (Å²) in [5.74, 6) is 0. The average Bonchev–Trinajstić information content (AvgIpc) is 2.38. The van der Waals surface area contributed by atoms with E-state index in [2.05, 4.69) is 41.5 Å². The normalized spacial score (nSPS) is 10.4. The first-order valence-corrected chi connectivity index (χ1v) is 6.52. The maximum Gasteiger partial charge on any atom is 0.152 e. The van der Waals surface area contributed by atoms with Gasteiger partial charge in [-0.3, -0.25) is 0 Å². The van der Waals surface area contributed by atoms with Gasteiger partial charge in [0.1, 0.15) is 0 Å². The zero-order valence-electron chi connectivity index (χ0n) is 10.7. The molecule has 94 valence electrons. The van der Waals surface area contributed by atoms with Crippen LogP contribution in [0.3, 0.4) is 0 Å². The third kappa shape index (κ3) is 2.82. The van der Waals surface area contributed by atoms with Crippen LogP contribution in [-0.2, 0) is 13.0 Å². The van der Waals surface area contributed by atoms with Crippen molar-refractivity contribution in [1.82, 2.24) is 4.98 Å². The minimum Gasteiger partial charge on any atom is -0.378 e. The summed E-state index contributed by atoms with van der Waals surface area (Å²) < 4.78 is 0. The van der Waals surface area contributed by atoms with Gasteiger partial charge in [0.05, 0.1) is 5.69 Å². The molecule has 1 N–H and O–H groups in total. The zero-order valence-corrected chi connectivity index (χ0v) is 11.5. The molecule has 1 aromatic heterocycles. The van der Waals surface area contributed by atoms with E-state index in [4.69, 9.17) is 11.6 Å². The van der Waals surface area contributed by atoms with E-state index in [0.717, 1.165) is 24.2 Å². The molecule has 0 spiro atoms. The molecule has 0 saturated heterocycles. The molecule has 0 atom stereocenters. The lowest BCUT2D eigenvalue weighted by atomic mass is 10.1. The van der Waals surface area contributed by atoms with E-state index in [1.165, 1.54) is 11.1 Å². The molecule has 1 heterocycles. The van der Waals surface area contributed by atoms with Gasteiger partial charge in [-0.25, -0.2) is 4.98 Å². The van der Waals surface area contributed by atoms with Crippen LogP contribution in [0.25, 0.3) is 0 Å². The molecule has 0 aliphatic heterocycles. The maximum absolute atomic E-state index is 6.10. The Kier molecular flexibility index (Phi) is 4.21. The molecule has 0 radical (unpaired) electrons. The molecule has 2 rings (SSSR count). The average molecular weight is 261 g/mol. The molecular weight excluding hydrogens is 244 g/mol. The van der Waals surface area contributed by atoms with Gasteiger partial charge >= 0.3 is 0 Å². The number of nitrogens with zero attached hydrogens (tertiary/aromatic N) is 1. The lowest BCUT2D eigenvalue weighted by molar-refractivity contribution is 1.04. The fraction of sp³-hybridized carbons (Fsp3) is 0.267. The topological polar surface area (TPSA) is 24.9 Å². The van der Waals surface area contributed by atoms with Gasteiger partial charge in [0.2, 0.25) is 0 Å². The fourth-order valence-corrected chi connectivity index (χ4v) is 2.27. The van der Waals surface area contributed by atoms with Crippen LogP contribution >= 0.6 is 11.6 Å². The number of pyridine rings is 1. The lowest BCUT2D eigenvalue weighted by Gasteiger charge is -2.12. The van der Waals surface area contributed by atoms with Gasteiger partial charge in [0, 0.05) is 12.7 Å². The smallest absolute Gasteiger partial charge is 0.152 e. The summed E-state index contributed by atoms with van der Waals surface area (Å²) in [5, 5.41) is 3.91. The molecule has 3 heteroatoms. The molecule has 0 saturated carbocycles. The highest BCUT2D eigenvalue weighted by Gasteiger charge is 2.05. The van der Waals surface area contributed by atoms with Crippen molar-refractivity contribution in [3.8, 4) is 0 Å². The number of rotatable bonds is 4. The maximum atomic E-state index is 6.10. The minimum atomic E-state index is 0.531. The van der Waals surface area contributed by atoms with Crippen molar-refractivity contribution < 1.29 is 0 Å². The van der Waals surface area contributed by atoms with Crippen LogP contribution in [0, 0.1) is 6.92 Å². The second-order valence-electron chi connectivity index (χ2n) is 4.27. The summed E-state index contributed by atoms with van der Waals surface area (Å²) in [6, 6.07) is 10.4. The monoisotopic (exact) mass is 260 g/mol. The van der Waals surface area contributed by atoms with Crippen LogP contribution in [-0.4, -0.2) is 4.98 Å². The summed E-state index contributed by atoms with van der Waals surface area (Å²) in [4.78, 5) is 4.10. The summed E-state index contributed by atoms with van der Waals surface area (Å²) in [5.41, 5.74) is 4.70. The highest BCUT2D eigenvalue weighted by atomic mass is 35.5. The standard InChI is InChI=1S/C15H17ClN2/c1-3-12-6-4-5-7-13(12)10-18-14-11(2)8-9-17-15(14)16/h4-9,18H,3,10H2,1-2H3. The molecular formula is C15H17ClN2. The fourth-order valence-electron chi connectivity index (χ4n) is 2.00. The summed E-state index contributed by atoms with van der Waals surface area (Å²) in [7, 11) is 0. The number of aryl methyl sites for hydroxylation is 2. The third-order valence-corrected chi connectivity index (χ3v) is 3.35. The molecule has 18 heavy (non-hydrogen) atoms. The molecule has 1 aromatic carbocycles. The highest BCUT2D eigenvalue weighted by molar-refractivity contribution is 6.32. The summed E-state index contributed by atoms with van der Waals surface area (Å²) >= 11 is 6.10. The first-order chi connectivity index (χ1) is 8.72. The quantitative estimate of drug-likeness (QED) is 0.833. The number of aromatic nitrogens is 1. The van der Waals surface area contributed by atoms with Crippen molar-refractivity contribution in [2.45, 2.75) is 26.8 Å². The van der Waals surface area contributed by atoms with E-state index >= 15 is 0 Å². The molecule has 0 aliphatic carbocycles. The van der Waals surface area contributed by atoms with E-state index in [1.807, 2.05) is 13.0 Å². The van der Waals surface area contributed by atoms with Crippen molar-refractivity contribution >= 4 is 17.3 Å². The number of anilines is 1. The molecule has 2 aromatic rings. The van der Waals surface area contributed by atoms with E-state index in [0.29, 0.717) is 5.15 Å². The third-order valence-electron chi connectivity index (χ3n) is 3.07. The minimum absolute atomic E-state index is 0.531. The molecule has 0 fully saturated rings. The largest absolute Gasteiger partial charge is 0.378 e. The Hall–Kier alpha value is -1.54. The molecule has 0 unspecified atom stereocenters. The van der Waals surface area contributed by atoms with Gasteiger partial charge < -0.3 is 5.32 Å². The Morgan fingerprint density at radius 2 is 1.89 bits per heavy atom. The van der Waals surface area contributed by atoms with E-state index in [-0.39, 0.29) is 0 Å². The van der Waals surface area contributed by atoms with Gasteiger partial charge in [-0.05, 0) is 36.1 Å². The lowest BCUT2D eigenvalue weighted by Crippen LogP contribution is -2.04. The summed E-state index contributed by atoms with van der Waals surface area (Å²) in [6.07, 6.45) is 2.76. The van der Waals surface area contributed by atoms with Crippen LogP contribution in [0.4, 0.5) is 5.69 Å². The van der Waals surface area contributed by atoms with Gasteiger partial charge in [-0.2, -0.15) is 0 Å². The van der Waals surface area contributed by atoms with E-state index in [9.17, 15) is 0 Å². The van der Waals surface area contributed by atoms with Gasteiger partial charge in [0.25, 0.3) is 0 Å².